The minimum Gasteiger partial charge on any atom is -0.0622 e. The molecule has 8 fully saturated rings. The highest BCUT2D eigenvalue weighted by Gasteiger charge is 2.64. The topological polar surface area (TPSA) is 0 Å². The molecule has 160 valence electrons. The van der Waals surface area contributed by atoms with Gasteiger partial charge in [0.25, 0.3) is 0 Å². The van der Waals surface area contributed by atoms with Gasteiger partial charge in [0.15, 0.2) is 0 Å². The van der Waals surface area contributed by atoms with E-state index in [1.54, 1.807) is 83.5 Å². The molecule has 0 aliphatic heterocycles. The first-order valence-electron chi connectivity index (χ1n) is 14.3. The van der Waals surface area contributed by atoms with Gasteiger partial charge in [0, 0.05) is 0 Å². The van der Waals surface area contributed by atoms with Crippen LogP contribution < -0.4 is 0 Å². The van der Waals surface area contributed by atoms with Gasteiger partial charge in [-0.2, -0.15) is 0 Å². The lowest BCUT2D eigenvalue weighted by molar-refractivity contribution is 0.0558. The SMILES string of the molecule is C[C@@H]1C[C@@H]2C[C@@H]3C[C@H]4C(CC5C6CCCC[C@H]6C[C@H]54)C3C2CC1C1CCC2CC21. The van der Waals surface area contributed by atoms with Gasteiger partial charge in [-0.15, -0.1) is 0 Å². The summed E-state index contributed by atoms with van der Waals surface area (Å²) in [5.41, 5.74) is 0. The second-order valence-corrected chi connectivity index (χ2v) is 14.1. The summed E-state index contributed by atoms with van der Waals surface area (Å²) in [7, 11) is 0. The molecule has 29 heavy (non-hydrogen) atoms. The molecular weight excluding hydrogens is 348 g/mol. The van der Waals surface area contributed by atoms with Crippen LogP contribution in [0.15, 0.2) is 0 Å². The fraction of sp³-hybridized carbons (Fsp3) is 1.00. The van der Waals surface area contributed by atoms with Crippen LogP contribution in [0.1, 0.15) is 90.4 Å². The first kappa shape index (κ1) is 17.5. The Morgan fingerprint density at radius 3 is 1.97 bits per heavy atom. The van der Waals surface area contributed by atoms with E-state index in [-0.39, 0.29) is 0 Å². The Balaban J connectivity index is 1.04. The number of hydrogen-bond donors (Lipinski definition) is 0. The fourth-order valence-corrected chi connectivity index (χ4v) is 12.7. The minimum atomic E-state index is 1.06. The summed E-state index contributed by atoms with van der Waals surface area (Å²) in [6, 6.07) is 0. The molecule has 15 atom stereocenters. The summed E-state index contributed by atoms with van der Waals surface area (Å²) < 4.78 is 0. The highest BCUT2D eigenvalue weighted by molar-refractivity contribution is 5.13. The lowest BCUT2D eigenvalue weighted by atomic mass is 9.62. The Morgan fingerprint density at radius 2 is 1.10 bits per heavy atom. The monoisotopic (exact) mass is 392 g/mol. The van der Waals surface area contributed by atoms with Gasteiger partial charge in [0.2, 0.25) is 0 Å². The van der Waals surface area contributed by atoms with Gasteiger partial charge in [0.1, 0.15) is 0 Å². The van der Waals surface area contributed by atoms with Crippen LogP contribution in [-0.4, -0.2) is 0 Å². The highest BCUT2D eigenvalue weighted by Crippen LogP contribution is 2.71. The minimum absolute atomic E-state index is 1.06. The van der Waals surface area contributed by atoms with Crippen molar-refractivity contribution in [2.45, 2.75) is 90.4 Å². The summed E-state index contributed by atoms with van der Waals surface area (Å²) in [5.74, 6) is 17.6. The zero-order valence-electron chi connectivity index (χ0n) is 18.9. The Bertz CT molecular complexity index is 680. The van der Waals surface area contributed by atoms with Crippen molar-refractivity contribution in [2.75, 3.05) is 0 Å². The molecule has 0 aromatic heterocycles. The Hall–Kier alpha value is 0. The van der Waals surface area contributed by atoms with E-state index in [9.17, 15) is 0 Å². The third kappa shape index (κ3) is 2.34. The molecule has 0 radical (unpaired) electrons. The smallest absolute Gasteiger partial charge is 0.0323 e. The first-order chi connectivity index (χ1) is 14.3. The molecule has 0 heteroatoms. The predicted octanol–water partition coefficient (Wildman–Crippen LogP) is 7.43. The Kier molecular flexibility index (Phi) is 3.67. The fourth-order valence-electron chi connectivity index (χ4n) is 12.7. The van der Waals surface area contributed by atoms with Crippen molar-refractivity contribution in [1.29, 1.82) is 0 Å². The molecule has 0 spiro atoms. The summed E-state index contributed by atoms with van der Waals surface area (Å²) in [6.07, 6.45) is 21.3. The molecule has 0 saturated heterocycles. The van der Waals surface area contributed by atoms with Crippen LogP contribution in [0.5, 0.6) is 0 Å². The molecule has 8 saturated carbocycles. The van der Waals surface area contributed by atoms with Gasteiger partial charge in [-0.05, 0) is 153 Å². The number of fused-ring (bicyclic) bond motifs is 10. The second kappa shape index (κ2) is 6.07. The second-order valence-electron chi connectivity index (χ2n) is 14.1. The van der Waals surface area contributed by atoms with Gasteiger partial charge in [-0.1, -0.05) is 26.2 Å². The molecule has 9 unspecified atom stereocenters. The van der Waals surface area contributed by atoms with Crippen LogP contribution in [-0.2, 0) is 0 Å². The molecule has 8 aliphatic rings. The van der Waals surface area contributed by atoms with Crippen molar-refractivity contribution in [3.63, 3.8) is 0 Å². The van der Waals surface area contributed by atoms with E-state index in [0.717, 1.165) is 23.7 Å². The first-order valence-corrected chi connectivity index (χ1v) is 14.3. The number of rotatable bonds is 1. The average molecular weight is 393 g/mol. The molecule has 8 rings (SSSR count). The molecule has 0 bridgehead atoms. The zero-order chi connectivity index (χ0) is 18.9. The predicted molar refractivity (Wildman–Crippen MR) is 118 cm³/mol. The normalized spacial score (nSPS) is 66.7. The van der Waals surface area contributed by atoms with Gasteiger partial charge in [-0.25, -0.2) is 0 Å². The van der Waals surface area contributed by atoms with Crippen molar-refractivity contribution < 1.29 is 0 Å². The van der Waals surface area contributed by atoms with Crippen LogP contribution in [0.2, 0.25) is 0 Å². The lowest BCUT2D eigenvalue weighted by Gasteiger charge is -2.43. The van der Waals surface area contributed by atoms with E-state index < -0.39 is 0 Å². The maximum Gasteiger partial charge on any atom is -0.0323 e. The molecule has 0 amide bonds. The lowest BCUT2D eigenvalue weighted by Crippen LogP contribution is -2.36. The summed E-state index contributed by atoms with van der Waals surface area (Å²) in [6.45, 7) is 2.68. The van der Waals surface area contributed by atoms with E-state index in [0.29, 0.717) is 0 Å². The molecule has 0 heterocycles. The van der Waals surface area contributed by atoms with Crippen molar-refractivity contribution >= 4 is 0 Å². The molecule has 0 aromatic carbocycles. The van der Waals surface area contributed by atoms with Crippen molar-refractivity contribution in [1.82, 2.24) is 0 Å². The molecule has 0 N–H and O–H groups in total. The number of hydrogen-bond acceptors (Lipinski definition) is 0. The van der Waals surface area contributed by atoms with Gasteiger partial charge in [0.05, 0.1) is 0 Å². The maximum atomic E-state index is 2.68. The van der Waals surface area contributed by atoms with Crippen LogP contribution in [0.4, 0.5) is 0 Å². The van der Waals surface area contributed by atoms with Crippen LogP contribution >= 0.6 is 0 Å². The van der Waals surface area contributed by atoms with E-state index in [4.69, 9.17) is 0 Å². The van der Waals surface area contributed by atoms with Gasteiger partial charge >= 0.3 is 0 Å². The molecular formula is C29H44. The quantitative estimate of drug-likeness (QED) is 0.435. The van der Waals surface area contributed by atoms with Crippen molar-refractivity contribution in [3.8, 4) is 0 Å². The van der Waals surface area contributed by atoms with Gasteiger partial charge < -0.3 is 0 Å². The molecule has 8 aliphatic carbocycles. The van der Waals surface area contributed by atoms with Crippen LogP contribution in [0.25, 0.3) is 0 Å². The standard InChI is InChI=1S/C29H44/c1-15-8-18-9-19-12-26-25-11-16-4-2-3-5-20(16)27(25)14-28(26)29(19)24(18)13-22(15)21-7-6-17-10-23(17)21/h15-29H,2-14H2,1H3/t15-,16+,17?,18-,19-,20?,21?,22?,23?,24?,25+,26-,27?,28?,29?/m1/s1. The van der Waals surface area contributed by atoms with E-state index >= 15 is 0 Å². The van der Waals surface area contributed by atoms with Crippen LogP contribution in [0.3, 0.4) is 0 Å². The summed E-state index contributed by atoms with van der Waals surface area (Å²) in [5, 5.41) is 0. The summed E-state index contributed by atoms with van der Waals surface area (Å²) >= 11 is 0. The Labute approximate surface area is 179 Å². The van der Waals surface area contributed by atoms with Crippen molar-refractivity contribution in [2.24, 2.45) is 88.8 Å². The van der Waals surface area contributed by atoms with E-state index in [2.05, 4.69) is 6.92 Å². The van der Waals surface area contributed by atoms with E-state index in [1.807, 2.05) is 0 Å². The zero-order valence-corrected chi connectivity index (χ0v) is 18.9. The highest BCUT2D eigenvalue weighted by atomic mass is 14.7. The van der Waals surface area contributed by atoms with Crippen molar-refractivity contribution in [3.05, 3.63) is 0 Å². The third-order valence-corrected chi connectivity index (χ3v) is 13.5. The average Bonchev–Trinajstić information content (AvgIpc) is 3.09. The third-order valence-electron chi connectivity index (χ3n) is 13.5. The Morgan fingerprint density at radius 1 is 0.379 bits per heavy atom. The summed E-state index contributed by atoms with van der Waals surface area (Å²) in [4.78, 5) is 0. The molecule has 0 aromatic rings. The van der Waals surface area contributed by atoms with E-state index in [1.165, 1.54) is 65.1 Å². The van der Waals surface area contributed by atoms with Crippen LogP contribution in [0, 0.1) is 88.8 Å². The largest absolute Gasteiger partial charge is 0.0622 e. The van der Waals surface area contributed by atoms with Gasteiger partial charge in [-0.3, -0.25) is 0 Å². The molecule has 0 nitrogen and oxygen atoms in total. The maximum absolute atomic E-state index is 2.68.